The Balaban J connectivity index is 2.36. The smallest absolute Gasteiger partial charge is 0.305 e. The van der Waals surface area contributed by atoms with Crippen molar-refractivity contribution >= 4 is 17.5 Å². The van der Waals surface area contributed by atoms with Crippen molar-refractivity contribution in [2.24, 2.45) is 11.8 Å². The van der Waals surface area contributed by atoms with Gasteiger partial charge in [-0.1, -0.05) is 38.7 Å². The number of allylic oxidation sites excluding steroid dienone is 2. The lowest BCUT2D eigenvalue weighted by molar-refractivity contribution is -0.144. The average Bonchev–Trinajstić information content (AvgIpc) is 2.93. The van der Waals surface area contributed by atoms with E-state index in [1.54, 1.807) is 6.08 Å². The highest BCUT2D eigenvalue weighted by Crippen LogP contribution is 2.33. The number of hydrogen-bond acceptors (Lipinski definition) is 3. The summed E-state index contributed by atoms with van der Waals surface area (Å²) in [5, 5.41) is 8.59. The molecule has 0 spiro atoms. The van der Waals surface area contributed by atoms with Gasteiger partial charge in [-0.25, -0.2) is 0 Å². The average molecular weight is 372 g/mol. The van der Waals surface area contributed by atoms with Crippen LogP contribution in [0, 0.1) is 11.8 Å². The number of carbonyl (C=O) groups excluding carboxylic acids is 2. The number of carboxylic acids is 1. The largest absolute Gasteiger partial charge is 0.481 e. The highest BCUT2D eigenvalue weighted by atomic mass is 19.3. The van der Waals surface area contributed by atoms with Crippen LogP contribution in [-0.2, 0) is 14.4 Å². The Bertz CT molecular complexity index is 514. The minimum Gasteiger partial charge on any atom is -0.481 e. The third-order valence-electron chi connectivity index (χ3n) is 5.00. The fourth-order valence-corrected chi connectivity index (χ4v) is 3.35. The molecule has 0 aromatic rings. The van der Waals surface area contributed by atoms with Gasteiger partial charge in [0.25, 0.3) is 0 Å². The highest BCUT2D eigenvalue weighted by Gasteiger charge is 2.38. The number of hydrogen-bond donors (Lipinski definition) is 1. The number of carbonyl (C=O) groups is 3. The lowest BCUT2D eigenvalue weighted by Gasteiger charge is -2.19. The molecule has 26 heavy (non-hydrogen) atoms. The number of Topliss-reactive ketones (excluding diaryl/α,β-unsaturated/α-hetero) is 1. The van der Waals surface area contributed by atoms with Gasteiger partial charge >= 0.3 is 11.9 Å². The topological polar surface area (TPSA) is 71.4 Å². The van der Waals surface area contributed by atoms with Gasteiger partial charge in [0.2, 0.25) is 5.78 Å². The Labute approximate surface area is 154 Å². The van der Waals surface area contributed by atoms with Crippen molar-refractivity contribution in [2.75, 3.05) is 0 Å². The van der Waals surface area contributed by atoms with Gasteiger partial charge in [-0.3, -0.25) is 14.4 Å². The van der Waals surface area contributed by atoms with E-state index in [2.05, 4.69) is 0 Å². The second-order valence-electron chi connectivity index (χ2n) is 7.15. The lowest BCUT2D eigenvalue weighted by Crippen LogP contribution is -2.29. The zero-order valence-corrected chi connectivity index (χ0v) is 15.5. The van der Waals surface area contributed by atoms with Gasteiger partial charge in [0.05, 0.1) is 0 Å². The van der Waals surface area contributed by atoms with Gasteiger partial charge in [-0.05, 0) is 37.7 Å². The summed E-state index contributed by atoms with van der Waals surface area (Å²) in [4.78, 5) is 34.2. The van der Waals surface area contributed by atoms with Gasteiger partial charge in [-0.2, -0.15) is 8.78 Å². The van der Waals surface area contributed by atoms with E-state index in [1.165, 1.54) is 6.08 Å². The Kier molecular flexibility index (Phi) is 9.66. The molecule has 1 aliphatic rings. The standard InChI is InChI=1S/C20H30F2O4/c1-2-3-14-20(21,22)18(24)13-11-15-10-12-17(23)16(15)8-6-4-5-7-9-19(25)26/h10,12,15-16H,2-9,11,13-14H2,1H3,(H,25,26). The molecule has 2 unspecified atom stereocenters. The second-order valence-corrected chi connectivity index (χ2v) is 7.15. The zero-order chi connectivity index (χ0) is 19.6. The van der Waals surface area contributed by atoms with Crippen LogP contribution in [0.2, 0.25) is 0 Å². The Morgan fingerprint density at radius 3 is 2.42 bits per heavy atom. The summed E-state index contributed by atoms with van der Waals surface area (Å²) in [6.07, 6.45) is 7.75. The summed E-state index contributed by atoms with van der Waals surface area (Å²) < 4.78 is 27.5. The SMILES string of the molecule is CCCCC(F)(F)C(=O)CCC1C=CC(=O)C1CCCCCCC(=O)O. The summed E-state index contributed by atoms with van der Waals surface area (Å²) in [7, 11) is 0. The predicted octanol–water partition coefficient (Wildman–Crippen LogP) is 4.96. The van der Waals surface area contributed by atoms with Gasteiger partial charge in [0.1, 0.15) is 0 Å². The van der Waals surface area contributed by atoms with Crippen LogP contribution >= 0.6 is 0 Å². The zero-order valence-electron chi connectivity index (χ0n) is 15.5. The van der Waals surface area contributed by atoms with Crippen molar-refractivity contribution < 1.29 is 28.3 Å². The van der Waals surface area contributed by atoms with E-state index in [9.17, 15) is 23.2 Å². The van der Waals surface area contributed by atoms with E-state index in [-0.39, 0.29) is 36.9 Å². The molecule has 0 amide bonds. The molecule has 0 aliphatic heterocycles. The molecule has 6 heteroatoms. The van der Waals surface area contributed by atoms with Crippen LogP contribution in [0.25, 0.3) is 0 Å². The maximum atomic E-state index is 13.8. The summed E-state index contributed by atoms with van der Waals surface area (Å²) in [5.74, 6) is -5.46. The van der Waals surface area contributed by atoms with Crippen LogP contribution < -0.4 is 0 Å². The Morgan fingerprint density at radius 2 is 1.77 bits per heavy atom. The normalized spacial score (nSPS) is 19.9. The molecule has 0 radical (unpaired) electrons. The number of aliphatic carboxylic acids is 1. The van der Waals surface area contributed by atoms with E-state index < -0.39 is 24.1 Å². The van der Waals surface area contributed by atoms with Crippen molar-refractivity contribution in [3.8, 4) is 0 Å². The van der Waals surface area contributed by atoms with Crippen molar-refractivity contribution in [1.29, 1.82) is 0 Å². The van der Waals surface area contributed by atoms with E-state index in [4.69, 9.17) is 5.11 Å². The highest BCUT2D eigenvalue weighted by molar-refractivity contribution is 5.94. The monoisotopic (exact) mass is 372 g/mol. The molecule has 4 nitrogen and oxygen atoms in total. The molecular formula is C20H30F2O4. The Morgan fingerprint density at radius 1 is 1.08 bits per heavy atom. The quantitative estimate of drug-likeness (QED) is 0.438. The molecule has 0 fully saturated rings. The van der Waals surface area contributed by atoms with Crippen molar-refractivity contribution in [3.63, 3.8) is 0 Å². The molecule has 1 N–H and O–H groups in total. The van der Waals surface area contributed by atoms with Crippen LogP contribution in [0.1, 0.15) is 77.6 Å². The number of halogens is 2. The molecule has 0 aromatic carbocycles. The van der Waals surface area contributed by atoms with Crippen LogP contribution in [0.4, 0.5) is 8.78 Å². The molecule has 0 heterocycles. The van der Waals surface area contributed by atoms with Gasteiger partial charge in [0, 0.05) is 25.2 Å². The van der Waals surface area contributed by atoms with Crippen molar-refractivity contribution in [3.05, 3.63) is 12.2 Å². The maximum absolute atomic E-state index is 13.8. The molecule has 148 valence electrons. The van der Waals surface area contributed by atoms with Gasteiger partial charge in [-0.15, -0.1) is 0 Å². The van der Waals surface area contributed by atoms with E-state index in [0.717, 1.165) is 19.3 Å². The summed E-state index contributed by atoms with van der Waals surface area (Å²) >= 11 is 0. The second kappa shape index (κ2) is 11.2. The van der Waals surface area contributed by atoms with Crippen LogP contribution in [0.3, 0.4) is 0 Å². The fraction of sp³-hybridized carbons (Fsp3) is 0.750. The molecule has 0 saturated carbocycles. The fourth-order valence-electron chi connectivity index (χ4n) is 3.35. The first kappa shape index (κ1) is 22.5. The summed E-state index contributed by atoms with van der Waals surface area (Å²) in [5.41, 5.74) is 0. The lowest BCUT2D eigenvalue weighted by atomic mass is 9.85. The van der Waals surface area contributed by atoms with Crippen LogP contribution in [0.5, 0.6) is 0 Å². The molecule has 2 atom stereocenters. The van der Waals surface area contributed by atoms with Gasteiger partial charge < -0.3 is 5.11 Å². The van der Waals surface area contributed by atoms with E-state index in [1.807, 2.05) is 6.92 Å². The van der Waals surface area contributed by atoms with E-state index >= 15 is 0 Å². The molecule has 0 aromatic heterocycles. The Hall–Kier alpha value is -1.59. The first-order valence-electron chi connectivity index (χ1n) is 9.63. The van der Waals surface area contributed by atoms with E-state index in [0.29, 0.717) is 25.7 Å². The van der Waals surface area contributed by atoms with Crippen LogP contribution in [0.15, 0.2) is 12.2 Å². The maximum Gasteiger partial charge on any atom is 0.305 e. The molecule has 0 bridgehead atoms. The third kappa shape index (κ3) is 7.75. The summed E-state index contributed by atoms with van der Waals surface area (Å²) in [6, 6.07) is 0. The number of alkyl halides is 2. The van der Waals surface area contributed by atoms with Crippen molar-refractivity contribution in [2.45, 2.75) is 83.5 Å². The number of rotatable bonds is 14. The number of unbranched alkanes of at least 4 members (excludes halogenated alkanes) is 4. The van der Waals surface area contributed by atoms with Gasteiger partial charge in [0.15, 0.2) is 5.78 Å². The van der Waals surface area contributed by atoms with Crippen LogP contribution in [-0.4, -0.2) is 28.6 Å². The predicted molar refractivity (Wildman–Crippen MR) is 95.2 cm³/mol. The number of carboxylic acid groups (broad SMARTS) is 1. The summed E-state index contributed by atoms with van der Waals surface area (Å²) in [6.45, 7) is 1.81. The first-order valence-corrected chi connectivity index (χ1v) is 9.63. The van der Waals surface area contributed by atoms with Crippen molar-refractivity contribution in [1.82, 2.24) is 0 Å². The minimum absolute atomic E-state index is 0.00530. The minimum atomic E-state index is -3.26. The molecule has 1 rings (SSSR count). The molecular weight excluding hydrogens is 342 g/mol. The first-order chi connectivity index (χ1) is 12.3. The number of ketones is 2. The third-order valence-corrected chi connectivity index (χ3v) is 5.00. The molecule has 0 saturated heterocycles. The molecule has 1 aliphatic carbocycles.